The quantitative estimate of drug-likeness (QED) is 0.654. The summed E-state index contributed by atoms with van der Waals surface area (Å²) < 4.78 is 32.8. The maximum Gasteiger partial charge on any atom is 0.337 e. The van der Waals surface area contributed by atoms with Gasteiger partial charge in [0.1, 0.15) is 0 Å². The Hall–Kier alpha value is -2.54. The summed E-state index contributed by atoms with van der Waals surface area (Å²) in [6, 6.07) is 7.92. The number of anilines is 2. The lowest BCUT2D eigenvalue weighted by Crippen LogP contribution is -2.17. The molecule has 0 radical (unpaired) electrons. The van der Waals surface area contributed by atoms with Gasteiger partial charge in [0.15, 0.2) is 0 Å². The van der Waals surface area contributed by atoms with E-state index in [2.05, 4.69) is 9.46 Å². The number of rotatable bonds is 4. The van der Waals surface area contributed by atoms with E-state index in [0.29, 0.717) is 28.1 Å². The Balaban J connectivity index is 2.55. The van der Waals surface area contributed by atoms with Crippen LogP contribution in [0.25, 0.3) is 0 Å². The van der Waals surface area contributed by atoms with Gasteiger partial charge >= 0.3 is 5.97 Å². The summed E-state index contributed by atoms with van der Waals surface area (Å²) in [5.74, 6) is -0.588. The third-order valence-electron chi connectivity index (χ3n) is 3.95. The zero-order valence-corrected chi connectivity index (χ0v) is 14.8. The lowest BCUT2D eigenvalue weighted by atomic mass is 10.1. The van der Waals surface area contributed by atoms with Crippen molar-refractivity contribution in [2.75, 3.05) is 17.6 Å². The molecule has 0 bridgehead atoms. The molecular weight excluding hydrogens is 328 g/mol. The minimum atomic E-state index is -3.88. The number of ether oxygens (including phenoxy) is 1. The molecule has 0 aromatic heterocycles. The van der Waals surface area contributed by atoms with Gasteiger partial charge in [0.25, 0.3) is 10.0 Å². The van der Waals surface area contributed by atoms with Crippen molar-refractivity contribution < 1.29 is 17.9 Å². The van der Waals surface area contributed by atoms with Crippen molar-refractivity contribution in [1.82, 2.24) is 0 Å². The number of aryl methyl sites for hydroxylation is 1. The van der Waals surface area contributed by atoms with Crippen LogP contribution in [0.2, 0.25) is 0 Å². The summed E-state index contributed by atoms with van der Waals surface area (Å²) in [4.78, 5) is 11.8. The highest BCUT2D eigenvalue weighted by Crippen LogP contribution is 2.27. The van der Waals surface area contributed by atoms with Crippen LogP contribution in [-0.2, 0) is 14.8 Å². The zero-order chi connectivity index (χ0) is 18.1. The predicted octanol–water partition coefficient (Wildman–Crippen LogP) is 2.78. The molecule has 0 amide bonds. The van der Waals surface area contributed by atoms with Crippen molar-refractivity contribution in [3.05, 3.63) is 52.6 Å². The van der Waals surface area contributed by atoms with Gasteiger partial charge in [-0.2, -0.15) is 0 Å². The van der Waals surface area contributed by atoms with Crippen LogP contribution in [-0.4, -0.2) is 21.5 Å². The Bertz CT molecular complexity index is 905. The first kappa shape index (κ1) is 17.8. The molecule has 128 valence electrons. The smallest absolute Gasteiger partial charge is 0.337 e. The highest BCUT2D eigenvalue weighted by Gasteiger charge is 2.22. The van der Waals surface area contributed by atoms with E-state index in [1.54, 1.807) is 45.0 Å². The number of esters is 1. The van der Waals surface area contributed by atoms with E-state index in [4.69, 9.17) is 5.73 Å². The van der Waals surface area contributed by atoms with Crippen molar-refractivity contribution in [3.8, 4) is 0 Å². The van der Waals surface area contributed by atoms with Crippen LogP contribution in [0.1, 0.15) is 27.0 Å². The maximum atomic E-state index is 12.8. The van der Waals surface area contributed by atoms with Crippen LogP contribution in [0.5, 0.6) is 0 Å². The maximum absolute atomic E-state index is 12.8. The number of hydrogen-bond donors (Lipinski definition) is 2. The van der Waals surface area contributed by atoms with Crippen molar-refractivity contribution in [1.29, 1.82) is 0 Å². The molecule has 2 rings (SSSR count). The minimum Gasteiger partial charge on any atom is -0.465 e. The summed E-state index contributed by atoms with van der Waals surface area (Å²) in [6.45, 7) is 5.17. The largest absolute Gasteiger partial charge is 0.465 e. The number of methoxy groups -OCH3 is 1. The summed E-state index contributed by atoms with van der Waals surface area (Å²) >= 11 is 0. The number of nitrogen functional groups attached to an aromatic ring is 1. The second-order valence-corrected chi connectivity index (χ2v) is 7.18. The molecule has 6 nitrogen and oxygen atoms in total. The number of carbonyl (C=O) groups excluding carboxylic acids is 1. The van der Waals surface area contributed by atoms with E-state index in [0.717, 1.165) is 0 Å². The van der Waals surface area contributed by atoms with E-state index < -0.39 is 16.0 Å². The van der Waals surface area contributed by atoms with E-state index in [9.17, 15) is 13.2 Å². The van der Waals surface area contributed by atoms with Crippen LogP contribution in [0, 0.1) is 20.8 Å². The normalized spacial score (nSPS) is 11.2. The molecule has 0 spiro atoms. The molecule has 24 heavy (non-hydrogen) atoms. The average Bonchev–Trinajstić information content (AvgIpc) is 2.53. The molecule has 0 fully saturated rings. The van der Waals surface area contributed by atoms with Crippen molar-refractivity contribution in [2.24, 2.45) is 0 Å². The Kier molecular flexibility index (Phi) is 4.84. The first-order valence-corrected chi connectivity index (χ1v) is 8.73. The fraction of sp³-hybridized carbons (Fsp3) is 0.235. The van der Waals surface area contributed by atoms with Crippen molar-refractivity contribution in [2.45, 2.75) is 25.7 Å². The summed E-state index contributed by atoms with van der Waals surface area (Å²) in [7, 11) is -2.63. The van der Waals surface area contributed by atoms with E-state index >= 15 is 0 Å². The highest BCUT2D eigenvalue weighted by atomic mass is 32.2. The van der Waals surface area contributed by atoms with Gasteiger partial charge in [0, 0.05) is 5.69 Å². The Morgan fingerprint density at radius 3 is 2.42 bits per heavy atom. The Morgan fingerprint density at radius 2 is 1.79 bits per heavy atom. The number of nitrogens with two attached hydrogens (primary N) is 1. The van der Waals surface area contributed by atoms with Gasteiger partial charge in [-0.1, -0.05) is 6.07 Å². The van der Waals surface area contributed by atoms with Gasteiger partial charge in [-0.05, 0) is 61.7 Å². The van der Waals surface area contributed by atoms with Gasteiger partial charge in [0.2, 0.25) is 0 Å². The number of benzene rings is 2. The zero-order valence-electron chi connectivity index (χ0n) is 14.0. The number of carbonyl (C=O) groups is 1. The second-order valence-electron chi connectivity index (χ2n) is 5.53. The molecule has 0 saturated carbocycles. The van der Waals surface area contributed by atoms with Gasteiger partial charge < -0.3 is 10.5 Å². The monoisotopic (exact) mass is 348 g/mol. The summed E-state index contributed by atoms with van der Waals surface area (Å²) in [5.41, 5.74) is 8.78. The standard InChI is InChI=1S/C17H20N2O4S/c1-10-8-13(17(20)23-4)9-16(11(10)2)24(21,22)19-15-7-5-6-14(18)12(15)3/h5-9,19H,18H2,1-4H3. The van der Waals surface area contributed by atoms with E-state index in [-0.39, 0.29) is 10.5 Å². The molecule has 0 saturated heterocycles. The third-order valence-corrected chi connectivity index (χ3v) is 5.44. The molecule has 0 unspecified atom stereocenters. The van der Waals surface area contributed by atoms with Crippen LogP contribution in [0.15, 0.2) is 35.2 Å². The number of hydrogen-bond acceptors (Lipinski definition) is 5. The molecule has 3 N–H and O–H groups in total. The number of sulfonamides is 1. The average molecular weight is 348 g/mol. The van der Waals surface area contributed by atoms with E-state index in [1.807, 2.05) is 0 Å². The summed E-state index contributed by atoms with van der Waals surface area (Å²) in [5, 5.41) is 0. The van der Waals surface area contributed by atoms with Crippen molar-refractivity contribution >= 4 is 27.4 Å². The molecule has 2 aromatic carbocycles. The number of nitrogens with one attached hydrogen (secondary N) is 1. The van der Waals surface area contributed by atoms with Gasteiger partial charge in [0.05, 0.1) is 23.3 Å². The summed E-state index contributed by atoms with van der Waals surface area (Å²) in [6.07, 6.45) is 0. The molecule has 0 aliphatic rings. The first-order chi connectivity index (χ1) is 11.2. The molecule has 0 atom stereocenters. The second kappa shape index (κ2) is 6.52. The van der Waals surface area contributed by atoms with E-state index in [1.165, 1.54) is 13.2 Å². The fourth-order valence-electron chi connectivity index (χ4n) is 2.31. The molecule has 0 aliphatic heterocycles. The molecular formula is C17H20N2O4S. The van der Waals surface area contributed by atoms with Gasteiger partial charge in [-0.3, -0.25) is 4.72 Å². The predicted molar refractivity (Wildman–Crippen MR) is 93.7 cm³/mol. The van der Waals surface area contributed by atoms with Crippen LogP contribution < -0.4 is 10.5 Å². The Morgan fingerprint density at radius 1 is 1.12 bits per heavy atom. The lowest BCUT2D eigenvalue weighted by molar-refractivity contribution is 0.0600. The topological polar surface area (TPSA) is 98.5 Å². The van der Waals surface area contributed by atoms with Crippen molar-refractivity contribution in [3.63, 3.8) is 0 Å². The van der Waals surface area contributed by atoms with Gasteiger partial charge in [-0.15, -0.1) is 0 Å². The first-order valence-electron chi connectivity index (χ1n) is 7.25. The molecule has 0 aliphatic carbocycles. The Labute approximate surface area is 141 Å². The van der Waals surface area contributed by atoms with Gasteiger partial charge in [-0.25, -0.2) is 13.2 Å². The third kappa shape index (κ3) is 3.35. The van der Waals surface area contributed by atoms with Crippen LogP contribution in [0.3, 0.4) is 0 Å². The van der Waals surface area contributed by atoms with Crippen LogP contribution >= 0.6 is 0 Å². The fourth-order valence-corrected chi connectivity index (χ4v) is 3.77. The molecule has 0 heterocycles. The minimum absolute atomic E-state index is 0.0322. The SMILES string of the molecule is COC(=O)c1cc(C)c(C)c(S(=O)(=O)Nc2cccc(N)c2C)c1. The molecule has 7 heteroatoms. The lowest BCUT2D eigenvalue weighted by Gasteiger charge is -2.15. The molecule has 2 aromatic rings. The van der Waals surface area contributed by atoms with Crippen LogP contribution in [0.4, 0.5) is 11.4 Å². The highest BCUT2D eigenvalue weighted by molar-refractivity contribution is 7.92.